The van der Waals surface area contributed by atoms with E-state index in [0.29, 0.717) is 24.2 Å². The van der Waals surface area contributed by atoms with E-state index < -0.39 is 0 Å². The van der Waals surface area contributed by atoms with Crippen molar-refractivity contribution in [3.8, 4) is 0 Å². The summed E-state index contributed by atoms with van der Waals surface area (Å²) in [5, 5.41) is 3.26. The fraction of sp³-hybridized carbons (Fsp3) is 0.556. The number of carbonyl (C=O) groups excluding carboxylic acids is 1. The molecule has 1 heterocycles. The number of carbonyl (C=O) groups is 1. The molecule has 0 unspecified atom stereocenters. The molecule has 70 valence electrons. The summed E-state index contributed by atoms with van der Waals surface area (Å²) in [6, 6.07) is 0.632. The zero-order valence-corrected chi connectivity index (χ0v) is 7.54. The number of oxazole rings is 1. The Morgan fingerprint density at radius 2 is 2.54 bits per heavy atom. The molecule has 1 aromatic heterocycles. The molecule has 1 aliphatic carbocycles. The number of rotatable bonds is 4. The van der Waals surface area contributed by atoms with Gasteiger partial charge in [0.1, 0.15) is 12.0 Å². The minimum Gasteiger partial charge on any atom is -0.447 e. The van der Waals surface area contributed by atoms with Crippen LogP contribution >= 0.6 is 0 Å². The van der Waals surface area contributed by atoms with Crippen LogP contribution in [0.25, 0.3) is 0 Å². The van der Waals surface area contributed by atoms with Crippen LogP contribution in [0.2, 0.25) is 0 Å². The number of hydrogen-bond acceptors (Lipinski definition) is 4. The molecule has 0 saturated heterocycles. The Labute approximate surface area is 76.3 Å². The van der Waals surface area contributed by atoms with Gasteiger partial charge in [-0.25, -0.2) is 4.98 Å². The van der Waals surface area contributed by atoms with Crippen molar-refractivity contribution in [1.29, 1.82) is 0 Å². The quantitative estimate of drug-likeness (QED) is 0.706. The van der Waals surface area contributed by atoms with E-state index in [1.165, 1.54) is 26.0 Å². The molecule has 4 heteroatoms. The van der Waals surface area contributed by atoms with E-state index in [1.807, 2.05) is 0 Å². The van der Waals surface area contributed by atoms with Gasteiger partial charge < -0.3 is 9.73 Å². The number of ketones is 1. The number of nitrogens with zero attached hydrogens (tertiary/aromatic N) is 1. The van der Waals surface area contributed by atoms with Crippen molar-refractivity contribution in [3.05, 3.63) is 17.8 Å². The van der Waals surface area contributed by atoms with Crippen molar-refractivity contribution in [2.45, 2.75) is 32.4 Å². The molecule has 0 spiro atoms. The summed E-state index contributed by atoms with van der Waals surface area (Å²) in [6.07, 6.45) is 3.88. The molecule has 1 fully saturated rings. The Bertz CT molecular complexity index is 315. The van der Waals surface area contributed by atoms with Crippen LogP contribution in [-0.4, -0.2) is 16.8 Å². The fourth-order valence-electron chi connectivity index (χ4n) is 1.07. The molecule has 1 aliphatic rings. The molecule has 13 heavy (non-hydrogen) atoms. The second-order valence-electron chi connectivity index (χ2n) is 3.34. The zero-order chi connectivity index (χ0) is 9.26. The first-order valence-corrected chi connectivity index (χ1v) is 4.44. The molecule has 1 aromatic rings. The summed E-state index contributed by atoms with van der Waals surface area (Å²) in [4.78, 5) is 14.9. The lowest BCUT2D eigenvalue weighted by Gasteiger charge is -1.95. The van der Waals surface area contributed by atoms with Crippen molar-refractivity contribution < 1.29 is 9.21 Å². The van der Waals surface area contributed by atoms with E-state index in [9.17, 15) is 4.79 Å². The van der Waals surface area contributed by atoms with E-state index in [1.54, 1.807) is 0 Å². The topological polar surface area (TPSA) is 55.1 Å². The molecule has 4 nitrogen and oxygen atoms in total. The van der Waals surface area contributed by atoms with E-state index in [2.05, 4.69) is 10.3 Å². The predicted molar refractivity (Wildman–Crippen MR) is 46.4 cm³/mol. The molecule has 1 N–H and O–H groups in total. The normalized spacial score (nSPS) is 16.1. The van der Waals surface area contributed by atoms with Crippen molar-refractivity contribution in [3.63, 3.8) is 0 Å². The van der Waals surface area contributed by atoms with Gasteiger partial charge in [0.2, 0.25) is 5.89 Å². The first-order chi connectivity index (χ1) is 6.25. The van der Waals surface area contributed by atoms with Gasteiger partial charge in [-0.1, -0.05) is 0 Å². The van der Waals surface area contributed by atoms with Crippen molar-refractivity contribution in [2.24, 2.45) is 0 Å². The number of aromatic nitrogens is 1. The maximum atomic E-state index is 10.9. The van der Waals surface area contributed by atoms with Gasteiger partial charge in [0.25, 0.3) is 0 Å². The summed E-state index contributed by atoms with van der Waals surface area (Å²) in [5.74, 6) is 0.540. The molecule has 1 saturated carbocycles. The number of hydrogen-bond donors (Lipinski definition) is 1. The lowest BCUT2D eigenvalue weighted by molar-refractivity contribution is 0.101. The molecule has 0 atom stereocenters. The van der Waals surface area contributed by atoms with E-state index >= 15 is 0 Å². The van der Waals surface area contributed by atoms with Gasteiger partial charge in [-0.05, 0) is 12.8 Å². The van der Waals surface area contributed by atoms with Crippen molar-refractivity contribution >= 4 is 5.78 Å². The van der Waals surface area contributed by atoms with E-state index in [4.69, 9.17) is 4.42 Å². The van der Waals surface area contributed by atoms with Gasteiger partial charge in [0, 0.05) is 13.0 Å². The molecule has 0 radical (unpaired) electrons. The maximum Gasteiger partial charge on any atom is 0.208 e. The summed E-state index contributed by atoms with van der Waals surface area (Å²) in [7, 11) is 0. The summed E-state index contributed by atoms with van der Waals surface area (Å²) in [6.45, 7) is 2.11. The third kappa shape index (κ3) is 2.15. The van der Waals surface area contributed by atoms with Crippen LogP contribution in [0.15, 0.2) is 10.7 Å². The van der Waals surface area contributed by atoms with Crippen LogP contribution in [0.4, 0.5) is 0 Å². The standard InChI is InChI=1S/C9H12N2O2/c1-6(12)8-5-13-9(11-8)4-10-7-2-3-7/h5,7,10H,2-4H2,1H3. The lowest BCUT2D eigenvalue weighted by atomic mass is 10.3. The maximum absolute atomic E-state index is 10.9. The fourth-order valence-corrected chi connectivity index (χ4v) is 1.07. The first kappa shape index (κ1) is 8.44. The molecular weight excluding hydrogens is 168 g/mol. The Balaban J connectivity index is 1.92. The molecule has 0 aromatic carbocycles. The van der Waals surface area contributed by atoms with E-state index in [0.717, 1.165) is 0 Å². The SMILES string of the molecule is CC(=O)c1coc(CNC2CC2)n1. The van der Waals surface area contributed by atoms with Crippen LogP contribution in [0.5, 0.6) is 0 Å². The Hall–Kier alpha value is -1.16. The second kappa shape index (κ2) is 3.30. The summed E-state index contributed by atoms with van der Waals surface area (Å²) >= 11 is 0. The average molecular weight is 180 g/mol. The second-order valence-corrected chi connectivity index (χ2v) is 3.34. The Morgan fingerprint density at radius 1 is 1.77 bits per heavy atom. The molecule has 0 aliphatic heterocycles. The largest absolute Gasteiger partial charge is 0.447 e. The summed E-state index contributed by atoms with van der Waals surface area (Å²) in [5.41, 5.74) is 0.410. The third-order valence-corrected chi connectivity index (χ3v) is 2.03. The van der Waals surface area contributed by atoms with Gasteiger partial charge in [-0.3, -0.25) is 4.79 Å². The molecule has 0 amide bonds. The monoisotopic (exact) mass is 180 g/mol. The highest BCUT2D eigenvalue weighted by Gasteiger charge is 2.21. The van der Waals surface area contributed by atoms with Crippen molar-refractivity contribution in [2.75, 3.05) is 0 Å². The van der Waals surface area contributed by atoms with Crippen LogP contribution < -0.4 is 5.32 Å². The number of nitrogens with one attached hydrogen (secondary N) is 1. The molecule has 2 rings (SSSR count). The van der Waals surface area contributed by atoms with Crippen LogP contribution in [0.3, 0.4) is 0 Å². The zero-order valence-electron chi connectivity index (χ0n) is 7.54. The third-order valence-electron chi connectivity index (χ3n) is 2.03. The molecule has 0 bridgehead atoms. The van der Waals surface area contributed by atoms with Gasteiger partial charge in [-0.2, -0.15) is 0 Å². The highest BCUT2D eigenvalue weighted by Crippen LogP contribution is 2.19. The minimum absolute atomic E-state index is 0.0542. The summed E-state index contributed by atoms with van der Waals surface area (Å²) < 4.78 is 5.11. The smallest absolute Gasteiger partial charge is 0.208 e. The molecular formula is C9H12N2O2. The predicted octanol–water partition coefficient (Wildman–Crippen LogP) is 1.13. The van der Waals surface area contributed by atoms with Crippen LogP contribution in [0.1, 0.15) is 36.1 Å². The Kier molecular flexibility index (Phi) is 2.14. The highest BCUT2D eigenvalue weighted by atomic mass is 16.3. The first-order valence-electron chi connectivity index (χ1n) is 4.44. The van der Waals surface area contributed by atoms with Gasteiger partial charge >= 0.3 is 0 Å². The Morgan fingerprint density at radius 3 is 3.08 bits per heavy atom. The lowest BCUT2D eigenvalue weighted by Crippen LogP contribution is -2.15. The number of Topliss-reactive ketones (excluding diaryl/α,β-unsaturated/α-hetero) is 1. The van der Waals surface area contributed by atoms with Gasteiger partial charge in [0.15, 0.2) is 5.78 Å². The minimum atomic E-state index is -0.0542. The van der Waals surface area contributed by atoms with Gasteiger partial charge in [-0.15, -0.1) is 0 Å². The van der Waals surface area contributed by atoms with Crippen LogP contribution in [0, 0.1) is 0 Å². The van der Waals surface area contributed by atoms with Gasteiger partial charge in [0.05, 0.1) is 6.54 Å². The van der Waals surface area contributed by atoms with Crippen LogP contribution in [-0.2, 0) is 6.54 Å². The van der Waals surface area contributed by atoms with E-state index in [-0.39, 0.29) is 5.78 Å². The highest BCUT2D eigenvalue weighted by molar-refractivity contribution is 5.91. The average Bonchev–Trinajstić information content (AvgIpc) is 2.79. The van der Waals surface area contributed by atoms with Crippen molar-refractivity contribution in [1.82, 2.24) is 10.3 Å².